The Morgan fingerprint density at radius 3 is 1.78 bits per heavy atom. The lowest BCUT2D eigenvalue weighted by molar-refractivity contribution is 0.945. The highest BCUT2D eigenvalue weighted by atomic mass is 28.3. The van der Waals surface area contributed by atoms with E-state index < -0.39 is 8.07 Å². The second kappa shape index (κ2) is 3.40. The largest absolute Gasteiger partial charge is 0.0692 e. The molecule has 0 rings (SSSR count). The molecule has 0 N–H and O–H groups in total. The molecule has 9 heavy (non-hydrogen) atoms. The van der Waals surface area contributed by atoms with E-state index >= 15 is 0 Å². The van der Waals surface area contributed by atoms with Crippen LogP contribution in [0.2, 0.25) is 24.7 Å². The smallest absolute Gasteiger partial charge is 0.0499 e. The molecule has 0 aromatic rings. The van der Waals surface area contributed by atoms with Gasteiger partial charge in [-0.15, -0.1) is 0 Å². The summed E-state index contributed by atoms with van der Waals surface area (Å²) in [7, 11) is -0.781. The molecule has 56 valence electrons. The Morgan fingerprint density at radius 2 is 1.67 bits per heavy atom. The Kier molecular flexibility index (Phi) is 3.48. The maximum Gasteiger partial charge on any atom is 0.0499 e. The zero-order chi connectivity index (χ0) is 7.49. The SMILES string of the molecule is CCC[Si](C)(C)C(C)C. The van der Waals surface area contributed by atoms with Crippen molar-refractivity contribution in [2.75, 3.05) is 0 Å². The first-order chi connectivity index (χ1) is 4.00. The Labute approximate surface area is 60.7 Å². The summed E-state index contributed by atoms with van der Waals surface area (Å²) in [6.45, 7) is 12.0. The molecule has 0 amide bonds. The van der Waals surface area contributed by atoms with E-state index in [9.17, 15) is 0 Å². The summed E-state index contributed by atoms with van der Waals surface area (Å²) in [5.74, 6) is 0. The molecular formula is C8H20Si. The van der Waals surface area contributed by atoms with Gasteiger partial charge in [0.25, 0.3) is 0 Å². The quantitative estimate of drug-likeness (QED) is 0.532. The molecule has 0 unspecified atom stereocenters. The van der Waals surface area contributed by atoms with Crippen LogP contribution < -0.4 is 0 Å². The van der Waals surface area contributed by atoms with Crippen LogP contribution in [0.15, 0.2) is 0 Å². The van der Waals surface area contributed by atoms with Gasteiger partial charge >= 0.3 is 0 Å². The molecule has 0 saturated heterocycles. The van der Waals surface area contributed by atoms with Crippen LogP contribution in [0.25, 0.3) is 0 Å². The minimum atomic E-state index is -0.781. The lowest BCUT2D eigenvalue weighted by atomic mass is 10.5. The van der Waals surface area contributed by atoms with Gasteiger partial charge in [-0.2, -0.15) is 0 Å². The molecule has 0 aliphatic heterocycles. The van der Waals surface area contributed by atoms with Crippen LogP contribution in [-0.2, 0) is 0 Å². The zero-order valence-electron chi connectivity index (χ0n) is 7.49. The van der Waals surface area contributed by atoms with Gasteiger partial charge in [0.1, 0.15) is 0 Å². The third kappa shape index (κ3) is 3.04. The fourth-order valence-corrected chi connectivity index (χ4v) is 2.80. The summed E-state index contributed by atoms with van der Waals surface area (Å²) >= 11 is 0. The van der Waals surface area contributed by atoms with Crippen molar-refractivity contribution < 1.29 is 0 Å². The molecule has 0 bridgehead atoms. The van der Waals surface area contributed by atoms with Gasteiger partial charge in [-0.3, -0.25) is 0 Å². The Balaban J connectivity index is 3.70. The normalized spacial score (nSPS) is 12.7. The number of hydrogen-bond acceptors (Lipinski definition) is 0. The van der Waals surface area contributed by atoms with Gasteiger partial charge in [0, 0.05) is 8.07 Å². The first-order valence-corrected chi connectivity index (χ1v) is 7.29. The maximum atomic E-state index is 2.49. The molecule has 0 fully saturated rings. The van der Waals surface area contributed by atoms with Crippen molar-refractivity contribution in [2.24, 2.45) is 0 Å². The molecule has 0 aromatic carbocycles. The minimum absolute atomic E-state index is 0.781. The second-order valence-corrected chi connectivity index (χ2v) is 9.53. The van der Waals surface area contributed by atoms with E-state index in [2.05, 4.69) is 33.9 Å². The van der Waals surface area contributed by atoms with Crippen molar-refractivity contribution in [3.63, 3.8) is 0 Å². The van der Waals surface area contributed by atoms with E-state index in [1.54, 1.807) is 0 Å². The van der Waals surface area contributed by atoms with Gasteiger partial charge in [0.2, 0.25) is 0 Å². The van der Waals surface area contributed by atoms with Crippen LogP contribution in [0.4, 0.5) is 0 Å². The van der Waals surface area contributed by atoms with Crippen LogP contribution in [-0.4, -0.2) is 8.07 Å². The van der Waals surface area contributed by atoms with E-state index in [1.165, 1.54) is 12.5 Å². The molecule has 0 aromatic heterocycles. The lowest BCUT2D eigenvalue weighted by Crippen LogP contribution is -2.28. The van der Waals surface area contributed by atoms with Crippen molar-refractivity contribution in [3.05, 3.63) is 0 Å². The van der Waals surface area contributed by atoms with Gasteiger partial charge in [-0.05, 0) is 0 Å². The maximum absolute atomic E-state index is 2.49. The first-order valence-electron chi connectivity index (χ1n) is 4.00. The number of rotatable bonds is 3. The van der Waals surface area contributed by atoms with Crippen LogP contribution in [0.1, 0.15) is 27.2 Å². The lowest BCUT2D eigenvalue weighted by Gasteiger charge is -2.25. The summed E-state index contributed by atoms with van der Waals surface area (Å²) in [5, 5.41) is 0. The van der Waals surface area contributed by atoms with E-state index in [4.69, 9.17) is 0 Å². The molecule has 0 aliphatic rings. The summed E-state index contributed by atoms with van der Waals surface area (Å²) in [5.41, 5.74) is 0.956. The fraction of sp³-hybridized carbons (Fsp3) is 1.00. The molecule has 0 aliphatic carbocycles. The second-order valence-electron chi connectivity index (χ2n) is 3.89. The highest BCUT2D eigenvalue weighted by Crippen LogP contribution is 2.25. The highest BCUT2D eigenvalue weighted by molar-refractivity contribution is 6.78. The van der Waals surface area contributed by atoms with E-state index in [0.29, 0.717) is 0 Å². The van der Waals surface area contributed by atoms with Gasteiger partial charge in [-0.25, -0.2) is 0 Å². The Morgan fingerprint density at radius 1 is 1.22 bits per heavy atom. The first kappa shape index (κ1) is 9.22. The zero-order valence-corrected chi connectivity index (χ0v) is 8.49. The Hall–Kier alpha value is 0.217. The van der Waals surface area contributed by atoms with Gasteiger partial charge in [-0.1, -0.05) is 51.9 Å². The van der Waals surface area contributed by atoms with Gasteiger partial charge in [0.05, 0.1) is 0 Å². The third-order valence-corrected chi connectivity index (χ3v) is 7.37. The summed E-state index contributed by atoms with van der Waals surface area (Å²) in [4.78, 5) is 0. The average molecular weight is 144 g/mol. The predicted octanol–water partition coefficient (Wildman–Crippen LogP) is 3.51. The molecule has 1 heteroatoms. The molecule has 0 spiro atoms. The van der Waals surface area contributed by atoms with Crippen LogP contribution >= 0.6 is 0 Å². The number of hydrogen-bond donors (Lipinski definition) is 0. The van der Waals surface area contributed by atoms with Crippen LogP contribution in [0.3, 0.4) is 0 Å². The fourth-order valence-electron chi connectivity index (χ4n) is 0.933. The van der Waals surface area contributed by atoms with Crippen LogP contribution in [0.5, 0.6) is 0 Å². The summed E-state index contributed by atoms with van der Waals surface area (Å²) in [6, 6.07) is 1.49. The molecule has 0 atom stereocenters. The van der Waals surface area contributed by atoms with Crippen molar-refractivity contribution in [2.45, 2.75) is 51.9 Å². The topological polar surface area (TPSA) is 0 Å². The van der Waals surface area contributed by atoms with Crippen LogP contribution in [0, 0.1) is 0 Å². The standard InChI is InChI=1S/C8H20Si/c1-6-7-9(4,5)8(2)3/h8H,6-7H2,1-5H3. The van der Waals surface area contributed by atoms with E-state index in [1.807, 2.05) is 0 Å². The van der Waals surface area contributed by atoms with E-state index in [0.717, 1.165) is 5.54 Å². The molecular weight excluding hydrogens is 124 g/mol. The highest BCUT2D eigenvalue weighted by Gasteiger charge is 2.22. The monoisotopic (exact) mass is 144 g/mol. The molecule has 0 saturated carbocycles. The van der Waals surface area contributed by atoms with Crippen molar-refractivity contribution in [1.29, 1.82) is 0 Å². The Bertz CT molecular complexity index is 74.6. The van der Waals surface area contributed by atoms with Gasteiger partial charge in [0.15, 0.2) is 0 Å². The van der Waals surface area contributed by atoms with E-state index in [-0.39, 0.29) is 0 Å². The molecule has 0 radical (unpaired) electrons. The molecule has 0 nitrogen and oxygen atoms in total. The average Bonchev–Trinajstić information content (AvgIpc) is 1.65. The third-order valence-electron chi connectivity index (χ3n) is 2.46. The van der Waals surface area contributed by atoms with Crippen molar-refractivity contribution in [3.8, 4) is 0 Å². The summed E-state index contributed by atoms with van der Waals surface area (Å²) in [6.07, 6.45) is 1.37. The van der Waals surface area contributed by atoms with Crippen molar-refractivity contribution in [1.82, 2.24) is 0 Å². The molecule has 0 heterocycles. The predicted molar refractivity (Wildman–Crippen MR) is 47.7 cm³/mol. The van der Waals surface area contributed by atoms with Crippen molar-refractivity contribution >= 4 is 8.07 Å². The summed E-state index contributed by atoms with van der Waals surface area (Å²) < 4.78 is 0. The van der Waals surface area contributed by atoms with Gasteiger partial charge < -0.3 is 0 Å². The minimum Gasteiger partial charge on any atom is -0.0692 e.